The van der Waals surface area contributed by atoms with Crippen LogP contribution in [0, 0.1) is 6.92 Å². The number of aromatic nitrogens is 3. The van der Waals surface area contributed by atoms with E-state index in [0.29, 0.717) is 13.0 Å². The van der Waals surface area contributed by atoms with Crippen LogP contribution in [0.25, 0.3) is 32.9 Å². The SMILES string of the molecule is COc1ccc2[nH]c(C)c(CC(=O)N3CCCN(C)CC3c3ncc(-c4ccc5ccccc5c4)[nH]3)c2c1. The third-order valence-corrected chi connectivity index (χ3v) is 7.75. The maximum Gasteiger partial charge on any atom is 0.227 e. The van der Waals surface area contributed by atoms with Gasteiger partial charge in [-0.25, -0.2) is 4.98 Å². The fraction of sp³-hybridized carbons (Fsp3) is 0.290. The summed E-state index contributed by atoms with van der Waals surface area (Å²) in [5.74, 6) is 1.73. The number of aryl methyl sites for hydroxylation is 1. The highest BCUT2D eigenvalue weighted by Gasteiger charge is 2.31. The molecule has 1 fully saturated rings. The summed E-state index contributed by atoms with van der Waals surface area (Å²) >= 11 is 0. The van der Waals surface area contributed by atoms with E-state index in [4.69, 9.17) is 9.72 Å². The maximum absolute atomic E-state index is 13.9. The van der Waals surface area contributed by atoms with Crippen molar-refractivity contribution in [2.75, 3.05) is 33.8 Å². The lowest BCUT2D eigenvalue weighted by atomic mass is 10.1. The Morgan fingerprint density at radius 3 is 2.74 bits per heavy atom. The van der Waals surface area contributed by atoms with Crippen molar-refractivity contribution in [1.29, 1.82) is 0 Å². The molecule has 1 atom stereocenters. The summed E-state index contributed by atoms with van der Waals surface area (Å²) in [6, 6.07) is 20.6. The number of H-pyrrole nitrogens is 2. The molecule has 194 valence electrons. The predicted molar refractivity (Wildman–Crippen MR) is 151 cm³/mol. The number of rotatable bonds is 5. The molecule has 7 nitrogen and oxygen atoms in total. The molecule has 38 heavy (non-hydrogen) atoms. The zero-order valence-corrected chi connectivity index (χ0v) is 22.1. The number of aromatic amines is 2. The lowest BCUT2D eigenvalue weighted by molar-refractivity contribution is -0.133. The van der Waals surface area contributed by atoms with E-state index in [-0.39, 0.29) is 11.9 Å². The van der Waals surface area contributed by atoms with Crippen LogP contribution in [-0.4, -0.2) is 64.5 Å². The maximum atomic E-state index is 13.9. The molecule has 3 aromatic carbocycles. The van der Waals surface area contributed by atoms with E-state index in [1.165, 1.54) is 10.8 Å². The number of nitrogens with one attached hydrogen (secondary N) is 2. The molecule has 6 rings (SSSR count). The number of carbonyl (C=O) groups excluding carboxylic acids is 1. The van der Waals surface area contributed by atoms with E-state index in [1.54, 1.807) is 7.11 Å². The van der Waals surface area contributed by atoms with Crippen molar-refractivity contribution in [2.24, 2.45) is 0 Å². The second kappa shape index (κ2) is 9.99. The summed E-state index contributed by atoms with van der Waals surface area (Å²) in [4.78, 5) is 30.0. The molecule has 1 amide bonds. The summed E-state index contributed by atoms with van der Waals surface area (Å²) < 4.78 is 5.45. The zero-order chi connectivity index (χ0) is 26.2. The van der Waals surface area contributed by atoms with Crippen LogP contribution in [0.3, 0.4) is 0 Å². The van der Waals surface area contributed by atoms with Crippen LogP contribution >= 0.6 is 0 Å². The van der Waals surface area contributed by atoms with Gasteiger partial charge in [0.2, 0.25) is 5.91 Å². The summed E-state index contributed by atoms with van der Waals surface area (Å²) in [5.41, 5.74) is 5.11. The molecule has 2 N–H and O–H groups in total. The number of imidazole rings is 1. The highest BCUT2D eigenvalue weighted by Crippen LogP contribution is 2.30. The molecule has 5 aromatic rings. The van der Waals surface area contributed by atoms with Gasteiger partial charge in [-0.2, -0.15) is 0 Å². The number of methoxy groups -OCH3 is 1. The molecule has 1 saturated heterocycles. The number of hydrogen-bond acceptors (Lipinski definition) is 4. The summed E-state index contributed by atoms with van der Waals surface area (Å²) in [6.45, 7) is 4.41. The number of hydrogen-bond donors (Lipinski definition) is 2. The minimum absolute atomic E-state index is 0.112. The van der Waals surface area contributed by atoms with Gasteiger partial charge in [-0.3, -0.25) is 4.79 Å². The van der Waals surface area contributed by atoms with Gasteiger partial charge < -0.3 is 24.5 Å². The Morgan fingerprint density at radius 2 is 1.89 bits per heavy atom. The minimum atomic E-state index is -0.149. The van der Waals surface area contributed by atoms with Crippen molar-refractivity contribution in [1.82, 2.24) is 24.8 Å². The highest BCUT2D eigenvalue weighted by atomic mass is 16.5. The lowest BCUT2D eigenvalue weighted by Gasteiger charge is -2.30. The Morgan fingerprint density at radius 1 is 1.05 bits per heavy atom. The van der Waals surface area contributed by atoms with Gasteiger partial charge in [0, 0.05) is 35.2 Å². The third kappa shape index (κ3) is 4.54. The van der Waals surface area contributed by atoms with Crippen LogP contribution in [0.2, 0.25) is 0 Å². The van der Waals surface area contributed by atoms with Crippen LogP contribution in [0.5, 0.6) is 5.75 Å². The van der Waals surface area contributed by atoms with Crippen molar-refractivity contribution < 1.29 is 9.53 Å². The van der Waals surface area contributed by atoms with Gasteiger partial charge in [0.25, 0.3) is 0 Å². The molecule has 0 radical (unpaired) electrons. The van der Waals surface area contributed by atoms with Gasteiger partial charge in [0.05, 0.1) is 25.4 Å². The molecule has 7 heteroatoms. The zero-order valence-electron chi connectivity index (χ0n) is 22.1. The van der Waals surface area contributed by atoms with Crippen molar-refractivity contribution in [3.05, 3.63) is 83.9 Å². The third-order valence-electron chi connectivity index (χ3n) is 7.75. The largest absolute Gasteiger partial charge is 0.497 e. The fourth-order valence-corrected chi connectivity index (χ4v) is 5.66. The van der Waals surface area contributed by atoms with E-state index in [1.807, 2.05) is 36.2 Å². The molecule has 0 aliphatic carbocycles. The molecule has 3 heterocycles. The predicted octanol–water partition coefficient (Wildman–Crippen LogP) is 5.48. The van der Waals surface area contributed by atoms with E-state index in [2.05, 4.69) is 64.4 Å². The average molecular weight is 508 g/mol. The molecular weight excluding hydrogens is 474 g/mol. The fourth-order valence-electron chi connectivity index (χ4n) is 5.66. The van der Waals surface area contributed by atoms with E-state index >= 15 is 0 Å². The summed E-state index contributed by atoms with van der Waals surface area (Å²) in [6.07, 6.45) is 3.15. The molecule has 0 bridgehead atoms. The second-order valence-electron chi connectivity index (χ2n) is 10.3. The van der Waals surface area contributed by atoms with Crippen LogP contribution in [-0.2, 0) is 11.2 Å². The molecule has 0 saturated carbocycles. The molecule has 2 aromatic heterocycles. The summed E-state index contributed by atoms with van der Waals surface area (Å²) in [5, 5.41) is 3.44. The van der Waals surface area contributed by atoms with Crippen molar-refractivity contribution in [3.63, 3.8) is 0 Å². The quantitative estimate of drug-likeness (QED) is 0.330. The lowest BCUT2D eigenvalue weighted by Crippen LogP contribution is -2.39. The van der Waals surface area contributed by atoms with E-state index in [0.717, 1.165) is 64.5 Å². The topological polar surface area (TPSA) is 77.2 Å². The second-order valence-corrected chi connectivity index (χ2v) is 10.3. The Kier molecular flexibility index (Phi) is 6.37. The van der Waals surface area contributed by atoms with Crippen molar-refractivity contribution in [2.45, 2.75) is 25.8 Å². The first-order valence-corrected chi connectivity index (χ1v) is 13.2. The Hall–Kier alpha value is -4.10. The van der Waals surface area contributed by atoms with Crippen LogP contribution < -0.4 is 4.74 Å². The number of fused-ring (bicyclic) bond motifs is 2. The smallest absolute Gasteiger partial charge is 0.227 e. The van der Waals surface area contributed by atoms with Crippen LogP contribution in [0.1, 0.15) is 29.5 Å². The monoisotopic (exact) mass is 507 g/mol. The first-order chi connectivity index (χ1) is 18.5. The van der Waals surface area contributed by atoms with E-state index < -0.39 is 0 Å². The number of amides is 1. The Balaban J connectivity index is 1.31. The normalized spacial score (nSPS) is 16.7. The van der Waals surface area contributed by atoms with Gasteiger partial charge in [0.15, 0.2) is 0 Å². The highest BCUT2D eigenvalue weighted by molar-refractivity contribution is 5.91. The van der Waals surface area contributed by atoms with E-state index in [9.17, 15) is 4.79 Å². The molecule has 0 spiro atoms. The average Bonchev–Trinajstić information content (AvgIpc) is 3.48. The Labute approximate surface area is 222 Å². The number of benzene rings is 3. The molecule has 1 unspecified atom stereocenters. The number of ether oxygens (including phenoxy) is 1. The number of carbonyl (C=O) groups is 1. The van der Waals surface area contributed by atoms with Gasteiger partial charge in [-0.15, -0.1) is 0 Å². The number of likely N-dealkylation sites (N-methyl/N-ethyl adjacent to an activating group) is 1. The van der Waals surface area contributed by atoms with Gasteiger partial charge in [-0.05, 0) is 67.5 Å². The molecule has 1 aliphatic rings. The van der Waals surface area contributed by atoms with Gasteiger partial charge >= 0.3 is 0 Å². The summed E-state index contributed by atoms with van der Waals surface area (Å²) in [7, 11) is 3.78. The first-order valence-electron chi connectivity index (χ1n) is 13.2. The van der Waals surface area contributed by atoms with Gasteiger partial charge in [0.1, 0.15) is 17.6 Å². The first kappa shape index (κ1) is 24.2. The van der Waals surface area contributed by atoms with Crippen LogP contribution in [0.15, 0.2) is 66.9 Å². The Bertz CT molecular complexity index is 1620. The number of nitrogens with zero attached hydrogens (tertiary/aromatic N) is 3. The van der Waals surface area contributed by atoms with Crippen molar-refractivity contribution >= 4 is 27.6 Å². The minimum Gasteiger partial charge on any atom is -0.497 e. The molecule has 1 aliphatic heterocycles. The molecular formula is C31H33N5O2. The van der Waals surface area contributed by atoms with Crippen LogP contribution in [0.4, 0.5) is 0 Å². The van der Waals surface area contributed by atoms with Gasteiger partial charge in [-0.1, -0.05) is 36.4 Å². The standard InChI is InChI=1S/C31H33N5O2/c1-20-25(26-16-24(38-3)11-12-27(26)33-20)17-30(37)36-14-6-13-35(2)19-29(36)31-32-18-28(34-31)23-10-9-21-7-4-5-8-22(21)15-23/h4-5,7-12,15-16,18,29,33H,6,13-14,17,19H2,1-3H3,(H,32,34). The van der Waals surface area contributed by atoms with Crippen molar-refractivity contribution in [3.8, 4) is 17.0 Å².